The molecule has 1 aromatic carbocycles. The molecule has 17 heavy (non-hydrogen) atoms. The molecule has 1 heterocycles. The highest BCUT2D eigenvalue weighted by Gasteiger charge is 2.19. The van der Waals surface area contributed by atoms with Gasteiger partial charge in [0.25, 0.3) is 5.69 Å². The molecule has 1 aromatic heterocycles. The molecular formula is C13H16N2O2. The molecule has 0 aliphatic heterocycles. The number of unbranched alkanes of at least 4 members (excludes halogenated alkanes) is 2. The van der Waals surface area contributed by atoms with Gasteiger partial charge in [-0.2, -0.15) is 0 Å². The van der Waals surface area contributed by atoms with Crippen LogP contribution in [0.25, 0.3) is 11.3 Å². The van der Waals surface area contributed by atoms with Crippen LogP contribution in [0.5, 0.6) is 0 Å². The summed E-state index contributed by atoms with van der Waals surface area (Å²) in [5.41, 5.74) is 2.22. The van der Waals surface area contributed by atoms with Crippen molar-refractivity contribution in [3.8, 4) is 11.3 Å². The Morgan fingerprint density at radius 1 is 1.24 bits per heavy atom. The number of hydrogen-bond acceptors (Lipinski definition) is 3. The minimum absolute atomic E-state index is 0.526. The van der Waals surface area contributed by atoms with Gasteiger partial charge in [-0.25, -0.2) is 0 Å². The third-order valence-corrected chi connectivity index (χ3v) is 2.76. The molecule has 4 heteroatoms. The van der Waals surface area contributed by atoms with E-state index in [4.69, 9.17) is 4.63 Å². The maximum atomic E-state index is 11.5. The fourth-order valence-corrected chi connectivity index (χ4v) is 1.83. The minimum Gasteiger partial charge on any atom is -0.359 e. The van der Waals surface area contributed by atoms with Crippen LogP contribution in [0.2, 0.25) is 0 Å². The molecule has 2 rings (SSSR count). The zero-order valence-corrected chi connectivity index (χ0v) is 9.93. The quantitative estimate of drug-likeness (QED) is 0.588. The van der Waals surface area contributed by atoms with Crippen molar-refractivity contribution in [3.05, 3.63) is 41.2 Å². The summed E-state index contributed by atoms with van der Waals surface area (Å²) < 4.78 is 4.69. The van der Waals surface area contributed by atoms with Gasteiger partial charge >= 0.3 is 0 Å². The average Bonchev–Trinajstić information content (AvgIpc) is 2.73. The second kappa shape index (κ2) is 5.48. The maximum absolute atomic E-state index is 11.5. The lowest BCUT2D eigenvalue weighted by Gasteiger charge is -1.98. The monoisotopic (exact) mass is 232 g/mol. The van der Waals surface area contributed by atoms with Crippen molar-refractivity contribution in [3.63, 3.8) is 0 Å². The van der Waals surface area contributed by atoms with Gasteiger partial charge in [-0.05, 0) is 11.3 Å². The van der Waals surface area contributed by atoms with Gasteiger partial charge < -0.3 is 5.21 Å². The van der Waals surface area contributed by atoms with Crippen molar-refractivity contribution in [1.82, 2.24) is 5.16 Å². The number of hydrogen-bond donors (Lipinski definition) is 0. The largest absolute Gasteiger partial charge is 0.359 e. The molecule has 0 bridgehead atoms. The van der Waals surface area contributed by atoms with Crippen molar-refractivity contribution in [2.24, 2.45) is 0 Å². The Bertz CT molecular complexity index is 466. The van der Waals surface area contributed by atoms with Gasteiger partial charge in [0.1, 0.15) is 0 Å². The van der Waals surface area contributed by atoms with Gasteiger partial charge in [-0.15, -0.1) is 0 Å². The maximum Gasteiger partial charge on any atom is 0.251 e. The molecule has 0 atom stereocenters. The molecular weight excluding hydrogens is 216 g/mol. The zero-order valence-electron chi connectivity index (χ0n) is 9.93. The van der Waals surface area contributed by atoms with Crippen LogP contribution in [0.1, 0.15) is 31.9 Å². The molecule has 0 saturated carbocycles. The third-order valence-electron chi connectivity index (χ3n) is 2.76. The summed E-state index contributed by atoms with van der Waals surface area (Å²) in [4.78, 5) is 0.526. The lowest BCUT2D eigenvalue weighted by atomic mass is 10.1. The van der Waals surface area contributed by atoms with E-state index in [-0.39, 0.29) is 0 Å². The zero-order chi connectivity index (χ0) is 12.1. The Hall–Kier alpha value is -1.84. The lowest BCUT2D eigenvalue weighted by Crippen LogP contribution is -2.28. The molecule has 0 N–H and O–H groups in total. The Balaban J connectivity index is 2.23. The Labute approximate surface area is 100 Å². The second-order valence-electron chi connectivity index (χ2n) is 4.05. The van der Waals surface area contributed by atoms with Gasteiger partial charge in [0.2, 0.25) is 5.69 Å². The summed E-state index contributed by atoms with van der Waals surface area (Å²) in [6.07, 6.45) is 3.94. The topological polar surface area (TPSA) is 53.0 Å². The fraction of sp³-hybridized carbons (Fsp3) is 0.385. The summed E-state index contributed by atoms with van der Waals surface area (Å²) >= 11 is 0. The van der Waals surface area contributed by atoms with E-state index in [1.165, 1.54) is 0 Å². The molecule has 0 spiro atoms. The fourth-order valence-electron chi connectivity index (χ4n) is 1.83. The normalized spacial score (nSPS) is 10.6. The number of nitrogens with zero attached hydrogens (tertiary/aromatic N) is 2. The molecule has 0 unspecified atom stereocenters. The summed E-state index contributed by atoms with van der Waals surface area (Å²) in [5.74, 6) is 0. The predicted octanol–water partition coefficient (Wildman–Crippen LogP) is 2.71. The Morgan fingerprint density at radius 3 is 2.71 bits per heavy atom. The molecule has 0 saturated heterocycles. The van der Waals surface area contributed by atoms with Gasteiger partial charge in [-0.1, -0.05) is 50.1 Å². The molecule has 4 nitrogen and oxygen atoms in total. The van der Waals surface area contributed by atoms with Crippen LogP contribution in [0.15, 0.2) is 35.0 Å². The highest BCUT2D eigenvalue weighted by atomic mass is 16.8. The summed E-state index contributed by atoms with van der Waals surface area (Å²) in [7, 11) is 0. The molecule has 0 amide bonds. The Morgan fingerprint density at radius 2 is 2.00 bits per heavy atom. The van der Waals surface area contributed by atoms with Crippen LogP contribution in [0.3, 0.4) is 0 Å². The first kappa shape index (κ1) is 11.6. The van der Waals surface area contributed by atoms with Gasteiger partial charge in [-0.3, -0.25) is 4.63 Å². The van der Waals surface area contributed by atoms with E-state index in [0.717, 1.165) is 24.8 Å². The van der Waals surface area contributed by atoms with E-state index >= 15 is 0 Å². The van der Waals surface area contributed by atoms with E-state index in [9.17, 15) is 5.21 Å². The predicted molar refractivity (Wildman–Crippen MR) is 64.1 cm³/mol. The van der Waals surface area contributed by atoms with Crippen molar-refractivity contribution in [1.29, 1.82) is 0 Å². The van der Waals surface area contributed by atoms with Crippen LogP contribution < -0.4 is 4.90 Å². The molecule has 2 aromatic rings. The number of aromatic nitrogens is 2. The molecule has 0 aliphatic rings. The van der Waals surface area contributed by atoms with Gasteiger partial charge in [0, 0.05) is 17.1 Å². The van der Waals surface area contributed by atoms with E-state index in [0.29, 0.717) is 22.7 Å². The van der Waals surface area contributed by atoms with Crippen LogP contribution in [0, 0.1) is 5.21 Å². The standard InChI is InChI=1S/C13H16N2O2/c1-2-3-5-10-12-13(14-17-15(12)16)11-8-6-4-7-9-11/h4,6-9H,2-3,5,10H2,1H3. The van der Waals surface area contributed by atoms with E-state index in [2.05, 4.69) is 12.1 Å². The van der Waals surface area contributed by atoms with Crippen molar-refractivity contribution in [2.75, 3.05) is 0 Å². The molecule has 90 valence electrons. The highest BCUT2D eigenvalue weighted by Crippen LogP contribution is 2.20. The van der Waals surface area contributed by atoms with Crippen LogP contribution in [-0.4, -0.2) is 5.16 Å². The Kier molecular flexibility index (Phi) is 3.75. The summed E-state index contributed by atoms with van der Waals surface area (Å²) in [5, 5.41) is 15.3. The minimum atomic E-state index is 0.526. The van der Waals surface area contributed by atoms with Crippen molar-refractivity contribution in [2.45, 2.75) is 32.6 Å². The lowest BCUT2D eigenvalue weighted by molar-refractivity contribution is -0.807. The van der Waals surface area contributed by atoms with E-state index < -0.39 is 0 Å². The van der Waals surface area contributed by atoms with Gasteiger partial charge in [0.15, 0.2) is 0 Å². The van der Waals surface area contributed by atoms with Crippen LogP contribution in [0.4, 0.5) is 0 Å². The molecule has 0 radical (unpaired) electrons. The van der Waals surface area contributed by atoms with E-state index in [1.807, 2.05) is 30.3 Å². The molecule has 0 aliphatic carbocycles. The highest BCUT2D eigenvalue weighted by molar-refractivity contribution is 5.59. The SMILES string of the molecule is CCCCCc1c(-c2ccccc2)no[n+]1[O-]. The summed E-state index contributed by atoms with van der Waals surface area (Å²) in [6, 6.07) is 9.65. The van der Waals surface area contributed by atoms with Crippen molar-refractivity contribution >= 4 is 0 Å². The van der Waals surface area contributed by atoms with Crippen LogP contribution in [-0.2, 0) is 6.42 Å². The smallest absolute Gasteiger partial charge is 0.251 e. The first-order valence-electron chi connectivity index (χ1n) is 5.97. The second-order valence-corrected chi connectivity index (χ2v) is 4.05. The summed E-state index contributed by atoms with van der Waals surface area (Å²) in [6.45, 7) is 2.14. The van der Waals surface area contributed by atoms with Crippen LogP contribution >= 0.6 is 0 Å². The third kappa shape index (κ3) is 2.64. The first-order chi connectivity index (χ1) is 8.33. The van der Waals surface area contributed by atoms with Gasteiger partial charge in [0.05, 0.1) is 0 Å². The first-order valence-corrected chi connectivity index (χ1v) is 5.97. The van der Waals surface area contributed by atoms with Crippen molar-refractivity contribution < 1.29 is 9.53 Å². The number of rotatable bonds is 5. The average molecular weight is 232 g/mol. The number of benzene rings is 1. The molecule has 0 fully saturated rings. The van der Waals surface area contributed by atoms with E-state index in [1.54, 1.807) is 0 Å².